The molecule has 0 aromatic carbocycles. The van der Waals surface area contributed by atoms with Crippen LogP contribution in [0.15, 0.2) is 0 Å². The molecule has 1 nitrogen and oxygen atoms in total. The first-order chi connectivity index (χ1) is 6.65. The third kappa shape index (κ3) is 3.47. The van der Waals surface area contributed by atoms with Crippen LogP contribution in [0.25, 0.3) is 0 Å². The minimum Gasteiger partial charge on any atom is -0.310 e. The standard InChI is InChI=1S/C12H25NS/c1-5-9(2)10(3)13-12-7-6-8-14-11(12)4/h9-13H,5-8H2,1-4H3. The maximum Gasteiger partial charge on any atom is 0.0186 e. The van der Waals surface area contributed by atoms with E-state index < -0.39 is 0 Å². The fourth-order valence-corrected chi connectivity index (χ4v) is 3.15. The van der Waals surface area contributed by atoms with Crippen LogP contribution < -0.4 is 5.32 Å². The van der Waals surface area contributed by atoms with E-state index in [4.69, 9.17) is 0 Å². The Labute approximate surface area is 93.4 Å². The van der Waals surface area contributed by atoms with Crippen LogP contribution in [-0.4, -0.2) is 23.1 Å². The van der Waals surface area contributed by atoms with Gasteiger partial charge in [0, 0.05) is 17.3 Å². The minimum absolute atomic E-state index is 0.672. The summed E-state index contributed by atoms with van der Waals surface area (Å²) in [6.07, 6.45) is 4.04. The van der Waals surface area contributed by atoms with E-state index in [2.05, 4.69) is 44.8 Å². The van der Waals surface area contributed by atoms with Gasteiger partial charge in [0.1, 0.15) is 0 Å². The molecular weight excluding hydrogens is 190 g/mol. The predicted octanol–water partition coefficient (Wildman–Crippen LogP) is 3.29. The zero-order valence-electron chi connectivity index (χ0n) is 10.0. The molecule has 1 heterocycles. The summed E-state index contributed by atoms with van der Waals surface area (Å²) >= 11 is 2.12. The Morgan fingerprint density at radius 1 is 1.43 bits per heavy atom. The molecule has 4 atom stereocenters. The largest absolute Gasteiger partial charge is 0.310 e. The molecule has 0 aliphatic carbocycles. The fraction of sp³-hybridized carbons (Fsp3) is 1.00. The normalized spacial score (nSPS) is 32.6. The van der Waals surface area contributed by atoms with Crippen LogP contribution in [-0.2, 0) is 0 Å². The zero-order valence-corrected chi connectivity index (χ0v) is 10.9. The highest BCUT2D eigenvalue weighted by Crippen LogP contribution is 2.26. The smallest absolute Gasteiger partial charge is 0.0186 e. The Balaban J connectivity index is 2.34. The van der Waals surface area contributed by atoms with Crippen molar-refractivity contribution >= 4 is 11.8 Å². The lowest BCUT2D eigenvalue weighted by atomic mass is 9.98. The van der Waals surface area contributed by atoms with Gasteiger partial charge >= 0.3 is 0 Å². The number of nitrogens with one attached hydrogen (secondary N) is 1. The lowest BCUT2D eigenvalue weighted by molar-refractivity contribution is 0.331. The molecular formula is C12H25NS. The lowest BCUT2D eigenvalue weighted by Gasteiger charge is -2.33. The Hall–Kier alpha value is 0.310. The summed E-state index contributed by atoms with van der Waals surface area (Å²) in [5, 5.41) is 4.60. The summed E-state index contributed by atoms with van der Waals surface area (Å²) in [5.74, 6) is 2.16. The highest BCUT2D eigenvalue weighted by molar-refractivity contribution is 7.99. The molecule has 14 heavy (non-hydrogen) atoms. The Kier molecular flexibility index (Phi) is 5.32. The number of hydrogen-bond acceptors (Lipinski definition) is 2. The van der Waals surface area contributed by atoms with Gasteiger partial charge in [-0.05, 0) is 31.4 Å². The summed E-state index contributed by atoms with van der Waals surface area (Å²) in [5.41, 5.74) is 0. The van der Waals surface area contributed by atoms with E-state index in [9.17, 15) is 0 Å². The van der Waals surface area contributed by atoms with E-state index in [0.717, 1.165) is 17.2 Å². The van der Waals surface area contributed by atoms with Crippen LogP contribution in [0.4, 0.5) is 0 Å². The van der Waals surface area contributed by atoms with Crippen molar-refractivity contribution in [3.8, 4) is 0 Å². The Morgan fingerprint density at radius 2 is 2.14 bits per heavy atom. The summed E-state index contributed by atoms with van der Waals surface area (Å²) < 4.78 is 0. The molecule has 4 unspecified atom stereocenters. The molecule has 0 spiro atoms. The second-order valence-electron chi connectivity index (χ2n) is 4.67. The maximum absolute atomic E-state index is 3.80. The van der Waals surface area contributed by atoms with Crippen LogP contribution >= 0.6 is 11.8 Å². The van der Waals surface area contributed by atoms with Gasteiger partial charge in [-0.1, -0.05) is 27.2 Å². The van der Waals surface area contributed by atoms with Crippen LogP contribution in [0.5, 0.6) is 0 Å². The molecule has 0 radical (unpaired) electrons. The van der Waals surface area contributed by atoms with E-state index in [-0.39, 0.29) is 0 Å². The van der Waals surface area contributed by atoms with Gasteiger partial charge in [-0.15, -0.1) is 0 Å². The van der Waals surface area contributed by atoms with Gasteiger partial charge in [-0.3, -0.25) is 0 Å². The molecule has 1 saturated heterocycles. The summed E-state index contributed by atoms with van der Waals surface area (Å²) in [6.45, 7) is 9.32. The Morgan fingerprint density at radius 3 is 2.71 bits per heavy atom. The summed E-state index contributed by atoms with van der Waals surface area (Å²) in [6, 6.07) is 1.42. The molecule has 1 aliphatic rings. The molecule has 0 amide bonds. The van der Waals surface area contributed by atoms with Gasteiger partial charge in [0.2, 0.25) is 0 Å². The molecule has 0 aromatic heterocycles. The molecule has 2 heteroatoms. The highest BCUT2D eigenvalue weighted by atomic mass is 32.2. The SMILES string of the molecule is CCC(C)C(C)NC1CCCSC1C. The van der Waals surface area contributed by atoms with Gasteiger partial charge in [0.15, 0.2) is 0 Å². The zero-order chi connectivity index (χ0) is 10.6. The van der Waals surface area contributed by atoms with E-state index in [0.29, 0.717) is 6.04 Å². The van der Waals surface area contributed by atoms with Gasteiger partial charge < -0.3 is 5.32 Å². The lowest BCUT2D eigenvalue weighted by Crippen LogP contribution is -2.46. The topological polar surface area (TPSA) is 12.0 Å². The van der Waals surface area contributed by atoms with Crippen LogP contribution in [0.1, 0.15) is 47.0 Å². The molecule has 1 fully saturated rings. The van der Waals surface area contributed by atoms with E-state index >= 15 is 0 Å². The molecule has 1 aliphatic heterocycles. The Bertz CT molecular complexity index is 160. The summed E-state index contributed by atoms with van der Waals surface area (Å²) in [4.78, 5) is 0. The average Bonchev–Trinajstić information content (AvgIpc) is 2.20. The average molecular weight is 215 g/mol. The van der Waals surface area contributed by atoms with Gasteiger partial charge in [0.05, 0.1) is 0 Å². The third-order valence-corrected chi connectivity index (χ3v) is 4.96. The highest BCUT2D eigenvalue weighted by Gasteiger charge is 2.24. The van der Waals surface area contributed by atoms with Crippen molar-refractivity contribution in [1.29, 1.82) is 0 Å². The minimum atomic E-state index is 0.672. The molecule has 84 valence electrons. The molecule has 0 bridgehead atoms. The van der Waals surface area contributed by atoms with Crippen molar-refractivity contribution in [2.75, 3.05) is 5.75 Å². The molecule has 0 aromatic rings. The van der Waals surface area contributed by atoms with Gasteiger partial charge in [0.25, 0.3) is 0 Å². The van der Waals surface area contributed by atoms with Crippen molar-refractivity contribution in [1.82, 2.24) is 5.32 Å². The van der Waals surface area contributed by atoms with Crippen molar-refractivity contribution in [2.45, 2.75) is 64.3 Å². The van der Waals surface area contributed by atoms with Crippen LogP contribution in [0, 0.1) is 5.92 Å². The number of hydrogen-bond donors (Lipinski definition) is 1. The van der Waals surface area contributed by atoms with E-state index in [1.165, 1.54) is 25.0 Å². The van der Waals surface area contributed by atoms with Crippen molar-refractivity contribution in [3.05, 3.63) is 0 Å². The summed E-state index contributed by atoms with van der Waals surface area (Å²) in [7, 11) is 0. The first-order valence-corrected chi connectivity index (χ1v) is 7.07. The second kappa shape index (κ2) is 6.02. The van der Waals surface area contributed by atoms with Gasteiger partial charge in [-0.25, -0.2) is 0 Å². The second-order valence-corrected chi connectivity index (χ2v) is 6.15. The van der Waals surface area contributed by atoms with Crippen LogP contribution in [0.3, 0.4) is 0 Å². The molecule has 1 rings (SSSR count). The predicted molar refractivity (Wildman–Crippen MR) is 67.0 cm³/mol. The first-order valence-electron chi connectivity index (χ1n) is 6.02. The quantitative estimate of drug-likeness (QED) is 0.772. The van der Waals surface area contributed by atoms with Crippen molar-refractivity contribution < 1.29 is 0 Å². The third-order valence-electron chi connectivity index (χ3n) is 3.58. The van der Waals surface area contributed by atoms with Crippen LogP contribution in [0.2, 0.25) is 0 Å². The fourth-order valence-electron chi connectivity index (χ4n) is 2.00. The van der Waals surface area contributed by atoms with Gasteiger partial charge in [-0.2, -0.15) is 11.8 Å². The monoisotopic (exact) mass is 215 g/mol. The van der Waals surface area contributed by atoms with E-state index in [1.54, 1.807) is 0 Å². The first kappa shape index (κ1) is 12.4. The van der Waals surface area contributed by atoms with E-state index in [1.807, 2.05) is 0 Å². The van der Waals surface area contributed by atoms with Crippen molar-refractivity contribution in [3.63, 3.8) is 0 Å². The maximum atomic E-state index is 3.80. The molecule has 1 N–H and O–H groups in total. The number of rotatable bonds is 4. The number of thioether (sulfide) groups is 1. The van der Waals surface area contributed by atoms with Crippen molar-refractivity contribution in [2.24, 2.45) is 5.92 Å². The molecule has 0 saturated carbocycles.